The van der Waals surface area contributed by atoms with Crippen LogP contribution in [0, 0.1) is 10.1 Å². The van der Waals surface area contributed by atoms with Crippen LogP contribution in [-0.2, 0) is 19.1 Å². The average molecular weight is 303 g/mol. The topological polar surface area (TPSA) is 95.7 Å². The number of non-ortho nitro benzene ring substituents is 1. The minimum atomic E-state index is -0.708. The van der Waals surface area contributed by atoms with E-state index in [0.717, 1.165) is 0 Å². The van der Waals surface area contributed by atoms with Crippen LogP contribution in [0.2, 0.25) is 0 Å². The van der Waals surface area contributed by atoms with Crippen molar-refractivity contribution in [2.75, 3.05) is 7.11 Å². The predicted octanol–water partition coefficient (Wildman–Crippen LogP) is 1.89. The van der Waals surface area contributed by atoms with Gasteiger partial charge in [0.25, 0.3) is 5.69 Å². The molecule has 0 saturated carbocycles. The van der Waals surface area contributed by atoms with Crippen LogP contribution in [-0.4, -0.2) is 30.1 Å². The summed E-state index contributed by atoms with van der Waals surface area (Å²) in [5.74, 6) is -1.83. The van der Waals surface area contributed by atoms with E-state index in [0.29, 0.717) is 5.56 Å². The van der Waals surface area contributed by atoms with Crippen molar-refractivity contribution in [2.24, 2.45) is 0 Å². The maximum Gasteiger partial charge on any atom is 0.333 e. The van der Waals surface area contributed by atoms with Gasteiger partial charge in [-0.05, 0) is 11.6 Å². The van der Waals surface area contributed by atoms with Gasteiger partial charge in [-0.3, -0.25) is 10.1 Å². The molecular weight excluding hydrogens is 290 g/mol. The van der Waals surface area contributed by atoms with E-state index >= 15 is 0 Å². The van der Waals surface area contributed by atoms with Crippen molar-refractivity contribution in [3.8, 4) is 0 Å². The molecule has 2 atom stereocenters. The van der Waals surface area contributed by atoms with Crippen LogP contribution < -0.4 is 0 Å². The van der Waals surface area contributed by atoms with Crippen molar-refractivity contribution in [3.63, 3.8) is 0 Å². The highest BCUT2D eigenvalue weighted by Gasteiger charge is 2.33. The van der Waals surface area contributed by atoms with Crippen LogP contribution in [0.1, 0.15) is 11.5 Å². The Hall–Kier alpha value is -2.96. The van der Waals surface area contributed by atoms with Crippen LogP contribution in [0.25, 0.3) is 0 Å². The summed E-state index contributed by atoms with van der Waals surface area (Å²) >= 11 is 0. The number of hydrogen-bond acceptors (Lipinski definition) is 6. The van der Waals surface area contributed by atoms with Gasteiger partial charge >= 0.3 is 11.9 Å². The quantitative estimate of drug-likeness (QED) is 0.357. The number of nitro groups is 1. The van der Waals surface area contributed by atoms with E-state index < -0.39 is 28.9 Å². The van der Waals surface area contributed by atoms with Crippen molar-refractivity contribution in [3.05, 3.63) is 64.2 Å². The van der Waals surface area contributed by atoms with Gasteiger partial charge < -0.3 is 9.47 Å². The fraction of sp³-hybridized carbons (Fsp3) is 0.200. The molecule has 0 amide bonds. The van der Waals surface area contributed by atoms with Crippen LogP contribution >= 0.6 is 0 Å². The van der Waals surface area contributed by atoms with Crippen molar-refractivity contribution >= 4 is 17.6 Å². The normalized spacial score (nSPS) is 17.7. The lowest BCUT2D eigenvalue weighted by molar-refractivity contribution is -0.384. The number of esters is 2. The average Bonchev–Trinajstić information content (AvgIpc) is 2.93. The monoisotopic (exact) mass is 303 g/mol. The predicted molar refractivity (Wildman–Crippen MR) is 76.0 cm³/mol. The molecular formula is C15H13NO6. The van der Waals surface area contributed by atoms with Gasteiger partial charge in [0, 0.05) is 23.8 Å². The summed E-state index contributed by atoms with van der Waals surface area (Å²) in [7, 11) is 1.22. The molecule has 0 radical (unpaired) electrons. The first-order valence-corrected chi connectivity index (χ1v) is 6.34. The third-order valence-electron chi connectivity index (χ3n) is 3.29. The summed E-state index contributed by atoms with van der Waals surface area (Å²) in [5.41, 5.74) is 0.580. The SMILES string of the molecule is C=C(C(=O)OC)[C@@H](c1ccc([N+](=O)[O-])cc1)[C@@H]1C=CC(=O)O1. The molecule has 1 aliphatic heterocycles. The Morgan fingerprint density at radius 3 is 2.50 bits per heavy atom. The fourth-order valence-electron chi connectivity index (χ4n) is 2.22. The summed E-state index contributed by atoms with van der Waals surface area (Å²) in [6, 6.07) is 5.62. The molecule has 0 unspecified atom stereocenters. The van der Waals surface area contributed by atoms with Crippen LogP contribution in [0.4, 0.5) is 5.69 Å². The van der Waals surface area contributed by atoms with Crippen molar-refractivity contribution in [1.82, 2.24) is 0 Å². The molecule has 1 aliphatic rings. The first-order valence-electron chi connectivity index (χ1n) is 6.34. The number of nitro benzene ring substituents is 1. The van der Waals surface area contributed by atoms with Crippen molar-refractivity contribution < 1.29 is 24.0 Å². The van der Waals surface area contributed by atoms with E-state index in [1.54, 1.807) is 0 Å². The summed E-state index contributed by atoms with van der Waals surface area (Å²) in [6.45, 7) is 3.70. The lowest BCUT2D eigenvalue weighted by Crippen LogP contribution is -2.24. The van der Waals surface area contributed by atoms with E-state index in [9.17, 15) is 19.7 Å². The smallest absolute Gasteiger partial charge is 0.333 e. The largest absolute Gasteiger partial charge is 0.466 e. The number of nitrogens with zero attached hydrogens (tertiary/aromatic N) is 1. The number of rotatable bonds is 5. The molecule has 7 heteroatoms. The first-order chi connectivity index (χ1) is 10.4. The van der Waals surface area contributed by atoms with E-state index in [1.807, 2.05) is 0 Å². The molecule has 2 rings (SSSR count). The molecule has 0 N–H and O–H groups in total. The Labute approximate surface area is 126 Å². The minimum absolute atomic E-state index is 0.0786. The second kappa shape index (κ2) is 6.21. The van der Waals surface area contributed by atoms with Gasteiger partial charge in [0.1, 0.15) is 6.10 Å². The molecule has 0 spiro atoms. The number of benzene rings is 1. The molecule has 0 aliphatic carbocycles. The Morgan fingerprint density at radius 1 is 1.41 bits per heavy atom. The lowest BCUT2D eigenvalue weighted by Gasteiger charge is -2.23. The van der Waals surface area contributed by atoms with Crippen molar-refractivity contribution in [1.29, 1.82) is 0 Å². The molecule has 1 aromatic rings. The Kier molecular flexibility index (Phi) is 4.36. The third kappa shape index (κ3) is 3.03. The number of hydrogen-bond donors (Lipinski definition) is 0. The number of carbonyl (C=O) groups excluding carboxylic acids is 2. The van der Waals surface area contributed by atoms with Gasteiger partial charge in [-0.1, -0.05) is 18.7 Å². The zero-order chi connectivity index (χ0) is 16.3. The highest BCUT2D eigenvalue weighted by Crippen LogP contribution is 2.33. The van der Waals surface area contributed by atoms with Gasteiger partial charge in [0.15, 0.2) is 0 Å². The molecule has 0 fully saturated rings. The van der Waals surface area contributed by atoms with Gasteiger partial charge in [-0.15, -0.1) is 0 Å². The fourth-order valence-corrected chi connectivity index (χ4v) is 2.22. The third-order valence-corrected chi connectivity index (χ3v) is 3.29. The molecule has 1 aromatic carbocycles. The van der Waals surface area contributed by atoms with Crippen LogP contribution in [0.3, 0.4) is 0 Å². The van der Waals surface area contributed by atoms with Gasteiger partial charge in [0.2, 0.25) is 0 Å². The second-order valence-electron chi connectivity index (χ2n) is 4.60. The molecule has 1 heterocycles. The second-order valence-corrected chi connectivity index (χ2v) is 4.60. The lowest BCUT2D eigenvalue weighted by atomic mass is 9.87. The van der Waals surface area contributed by atoms with E-state index in [-0.39, 0.29) is 11.3 Å². The highest BCUT2D eigenvalue weighted by molar-refractivity contribution is 5.90. The number of carbonyl (C=O) groups is 2. The summed E-state index contributed by atoms with van der Waals surface area (Å²) in [6.07, 6.45) is 2.07. The number of methoxy groups -OCH3 is 1. The van der Waals surface area contributed by atoms with E-state index in [2.05, 4.69) is 11.3 Å². The molecule has 0 bridgehead atoms. The van der Waals surface area contributed by atoms with Gasteiger partial charge in [-0.2, -0.15) is 0 Å². The molecule has 114 valence electrons. The molecule has 0 saturated heterocycles. The molecule has 7 nitrogen and oxygen atoms in total. The summed E-state index contributed by atoms with van der Waals surface area (Å²) in [5, 5.41) is 10.7. The van der Waals surface area contributed by atoms with E-state index in [1.165, 1.54) is 43.5 Å². The van der Waals surface area contributed by atoms with Crippen LogP contribution in [0.5, 0.6) is 0 Å². The van der Waals surface area contributed by atoms with Gasteiger partial charge in [-0.25, -0.2) is 9.59 Å². The zero-order valence-corrected chi connectivity index (χ0v) is 11.7. The summed E-state index contributed by atoms with van der Waals surface area (Å²) < 4.78 is 9.77. The Bertz CT molecular complexity index is 661. The maximum atomic E-state index is 11.7. The number of cyclic esters (lactones) is 1. The summed E-state index contributed by atoms with van der Waals surface area (Å²) in [4.78, 5) is 33.2. The Balaban J connectivity index is 2.37. The molecule has 0 aromatic heterocycles. The first kappa shape index (κ1) is 15.4. The minimum Gasteiger partial charge on any atom is -0.466 e. The molecule has 22 heavy (non-hydrogen) atoms. The van der Waals surface area contributed by atoms with Gasteiger partial charge in [0.05, 0.1) is 18.0 Å². The number of ether oxygens (including phenoxy) is 2. The van der Waals surface area contributed by atoms with E-state index in [4.69, 9.17) is 4.74 Å². The highest BCUT2D eigenvalue weighted by atomic mass is 16.6. The Morgan fingerprint density at radius 2 is 2.05 bits per heavy atom. The standard InChI is InChI=1S/C15H13NO6/c1-9(15(18)21-2)14(12-7-8-13(17)22-12)10-3-5-11(6-4-10)16(19)20/h3-8,12,14H,1H2,2H3/t12-,14-/m0/s1. The maximum absolute atomic E-state index is 11.7. The van der Waals surface area contributed by atoms with Crippen LogP contribution in [0.15, 0.2) is 48.6 Å². The zero-order valence-electron chi connectivity index (χ0n) is 11.7. The van der Waals surface area contributed by atoms with Crippen molar-refractivity contribution in [2.45, 2.75) is 12.0 Å².